The topological polar surface area (TPSA) is 72.7 Å². The lowest BCUT2D eigenvalue weighted by molar-refractivity contribution is -0.883. The van der Waals surface area contributed by atoms with Gasteiger partial charge in [0.15, 0.2) is 6.54 Å². The van der Waals surface area contributed by atoms with E-state index < -0.39 is 5.97 Å². The Hall–Kier alpha value is -1.10. The predicted octanol–water partition coefficient (Wildman–Crippen LogP) is 6.19. The van der Waals surface area contributed by atoms with Crippen LogP contribution in [0.4, 0.5) is 0 Å². The van der Waals surface area contributed by atoms with E-state index in [4.69, 9.17) is 5.11 Å². The second kappa shape index (κ2) is 20.5. The summed E-state index contributed by atoms with van der Waals surface area (Å²) in [7, 11) is 3.83. The lowest BCUT2D eigenvalue weighted by Crippen LogP contribution is -2.44. The highest BCUT2D eigenvalue weighted by molar-refractivity contribution is 5.74. The van der Waals surface area contributed by atoms with Crippen molar-refractivity contribution in [3.8, 4) is 0 Å². The van der Waals surface area contributed by atoms with E-state index in [-0.39, 0.29) is 18.4 Å². The van der Waals surface area contributed by atoms with Crippen LogP contribution < -0.4 is 5.11 Å². The van der Waals surface area contributed by atoms with Crippen molar-refractivity contribution in [3.63, 3.8) is 0 Å². The molecule has 0 fully saturated rings. The number of carboxylic acids is 1. The average molecular weight is 455 g/mol. The fraction of sp³-hybridized carbons (Fsp3) is 0.926. The highest BCUT2D eigenvalue weighted by Crippen LogP contribution is 2.20. The molecule has 0 amide bonds. The number of aliphatic imine (C=N–C) groups is 1. The van der Waals surface area contributed by atoms with Gasteiger partial charge in [0.25, 0.3) is 0 Å². The van der Waals surface area contributed by atoms with Gasteiger partial charge in [-0.25, -0.2) is 4.79 Å². The molecule has 5 nitrogen and oxygen atoms in total. The van der Waals surface area contributed by atoms with Gasteiger partial charge in [0, 0.05) is 13.0 Å². The van der Waals surface area contributed by atoms with E-state index >= 15 is 0 Å². The molecular formula is C27H54N2O3. The first-order valence-corrected chi connectivity index (χ1v) is 13.6. The van der Waals surface area contributed by atoms with Gasteiger partial charge in [0.2, 0.25) is 0 Å². The minimum Gasteiger partial charge on any atom is -0.862 e. The van der Waals surface area contributed by atoms with Crippen molar-refractivity contribution in [2.75, 3.05) is 33.7 Å². The van der Waals surface area contributed by atoms with Crippen molar-refractivity contribution in [1.82, 2.24) is 0 Å². The fourth-order valence-corrected chi connectivity index (χ4v) is 4.35. The zero-order valence-corrected chi connectivity index (χ0v) is 21.9. The molecule has 1 atom stereocenters. The minimum absolute atomic E-state index is 0.0859. The summed E-state index contributed by atoms with van der Waals surface area (Å²) < 4.78 is 0.429. The summed E-state index contributed by atoms with van der Waals surface area (Å²) in [6, 6.07) is 0. The number of hydrogen-bond acceptors (Lipinski definition) is 3. The number of likely N-dealkylation sites (N-methyl/N-ethyl adjacent to an activating group) is 1. The molecule has 0 aliphatic carbocycles. The number of unbranched alkanes of at least 4 members (excludes halogenated alkanes) is 12. The number of hydrogen-bond donors (Lipinski definition) is 1. The van der Waals surface area contributed by atoms with Gasteiger partial charge in [-0.05, 0) is 24.7 Å². The maximum atomic E-state index is 12.8. The van der Waals surface area contributed by atoms with Crippen molar-refractivity contribution in [1.29, 1.82) is 0 Å². The van der Waals surface area contributed by atoms with E-state index in [1.165, 1.54) is 77.0 Å². The molecule has 0 radical (unpaired) electrons. The second-order valence-electron chi connectivity index (χ2n) is 10.3. The van der Waals surface area contributed by atoms with E-state index in [0.717, 1.165) is 38.6 Å². The zero-order chi connectivity index (χ0) is 24.1. The molecule has 0 saturated carbocycles. The Kier molecular flexibility index (Phi) is 19.8. The van der Waals surface area contributed by atoms with Crippen molar-refractivity contribution >= 4 is 11.9 Å². The summed E-state index contributed by atoms with van der Waals surface area (Å²) in [5.41, 5.74) is 0. The van der Waals surface area contributed by atoms with E-state index in [1.54, 1.807) is 0 Å². The molecule has 5 heteroatoms. The largest absolute Gasteiger partial charge is 0.862 e. The summed E-state index contributed by atoms with van der Waals surface area (Å²) in [5, 5.41) is 21.8. The Balaban J connectivity index is 4.39. The molecule has 1 N–H and O–H groups in total. The monoisotopic (exact) mass is 454 g/mol. The van der Waals surface area contributed by atoms with Gasteiger partial charge in [0.05, 0.1) is 20.6 Å². The molecule has 0 rings (SSSR count). The minimum atomic E-state index is -0.785. The number of rotatable bonds is 23. The van der Waals surface area contributed by atoms with Crippen LogP contribution in [0.1, 0.15) is 123 Å². The third kappa shape index (κ3) is 19.6. The van der Waals surface area contributed by atoms with E-state index in [1.807, 2.05) is 14.1 Å². The number of quaternary nitrogens is 1. The van der Waals surface area contributed by atoms with Gasteiger partial charge in [-0.15, -0.1) is 0 Å². The standard InChI is InChI=1S/C27H54N2O3/c1-5-7-9-11-13-14-16-18-21-25(20-17-15-12-10-8-6-2)27(32)28-22-19-23-29(3,4)24-26(30)31/h25H,5-24H2,1-4H3,(H-,28,30,31,32). The van der Waals surface area contributed by atoms with E-state index in [9.17, 15) is 9.90 Å². The molecule has 190 valence electrons. The Morgan fingerprint density at radius 3 is 1.66 bits per heavy atom. The molecule has 0 saturated heterocycles. The zero-order valence-electron chi connectivity index (χ0n) is 21.9. The molecule has 0 aliphatic heterocycles. The maximum absolute atomic E-state index is 12.8. The molecule has 1 unspecified atom stereocenters. The van der Waals surface area contributed by atoms with Crippen LogP contribution >= 0.6 is 0 Å². The highest BCUT2D eigenvalue weighted by atomic mass is 16.4. The van der Waals surface area contributed by atoms with Crippen LogP contribution in [0.25, 0.3) is 0 Å². The average Bonchev–Trinajstić information content (AvgIpc) is 2.73. The molecule has 0 bridgehead atoms. The summed E-state index contributed by atoms with van der Waals surface area (Å²) in [4.78, 5) is 15.3. The highest BCUT2D eigenvalue weighted by Gasteiger charge is 2.18. The fourth-order valence-electron chi connectivity index (χ4n) is 4.35. The Morgan fingerprint density at radius 2 is 1.22 bits per heavy atom. The first-order chi connectivity index (χ1) is 15.3. The number of carboxylic acid groups (broad SMARTS) is 1. The molecule has 0 aromatic heterocycles. The van der Waals surface area contributed by atoms with Gasteiger partial charge in [0.1, 0.15) is 0 Å². The Bertz CT molecular complexity index is 478. The first-order valence-electron chi connectivity index (χ1n) is 13.6. The second-order valence-corrected chi connectivity index (χ2v) is 10.3. The quantitative estimate of drug-likeness (QED) is 0.0865. The van der Waals surface area contributed by atoms with Crippen LogP contribution in [0.5, 0.6) is 0 Å². The van der Waals surface area contributed by atoms with Gasteiger partial charge in [-0.3, -0.25) is 0 Å². The van der Waals surface area contributed by atoms with Gasteiger partial charge in [-0.2, -0.15) is 0 Å². The molecule has 0 aromatic rings. The van der Waals surface area contributed by atoms with E-state index in [2.05, 4.69) is 18.8 Å². The molecule has 32 heavy (non-hydrogen) atoms. The van der Waals surface area contributed by atoms with Crippen LogP contribution in [0.3, 0.4) is 0 Å². The normalized spacial score (nSPS) is 13.4. The Morgan fingerprint density at radius 1 is 0.781 bits per heavy atom. The number of carbonyl (C=O) groups is 1. The van der Waals surface area contributed by atoms with Crippen molar-refractivity contribution in [2.24, 2.45) is 10.9 Å². The maximum Gasteiger partial charge on any atom is 0.359 e. The predicted molar refractivity (Wildman–Crippen MR) is 135 cm³/mol. The first kappa shape index (κ1) is 30.9. The SMILES string of the molecule is CCCCCCCCCCC(CCCCCCCC)C([O-])=NCCC[N+](C)(C)CC(=O)O. The van der Waals surface area contributed by atoms with Crippen LogP contribution in [0.2, 0.25) is 0 Å². The van der Waals surface area contributed by atoms with Crippen molar-refractivity contribution in [2.45, 2.75) is 123 Å². The molecule has 0 spiro atoms. The smallest absolute Gasteiger partial charge is 0.359 e. The summed E-state index contributed by atoms with van der Waals surface area (Å²) in [5.74, 6) is -0.611. The lowest BCUT2D eigenvalue weighted by atomic mass is 9.93. The van der Waals surface area contributed by atoms with Crippen molar-refractivity contribution < 1.29 is 19.5 Å². The van der Waals surface area contributed by atoms with Crippen molar-refractivity contribution in [3.05, 3.63) is 0 Å². The molecular weight excluding hydrogens is 400 g/mol. The molecule has 0 aromatic carbocycles. The van der Waals surface area contributed by atoms with Crippen LogP contribution in [-0.4, -0.2) is 55.2 Å². The number of aliphatic carboxylic acids is 1. The van der Waals surface area contributed by atoms with Crippen LogP contribution in [0.15, 0.2) is 4.99 Å². The lowest BCUT2D eigenvalue weighted by Gasteiger charge is -2.28. The van der Waals surface area contributed by atoms with Gasteiger partial charge >= 0.3 is 5.97 Å². The summed E-state index contributed by atoms with van der Waals surface area (Å²) in [6.07, 6.45) is 20.6. The molecule has 0 aliphatic rings. The Labute approximate surface area is 199 Å². The van der Waals surface area contributed by atoms with E-state index in [0.29, 0.717) is 11.0 Å². The van der Waals surface area contributed by atoms with Gasteiger partial charge in [-0.1, -0.05) is 104 Å². The summed E-state index contributed by atoms with van der Waals surface area (Å²) in [6.45, 7) is 5.84. The third-order valence-electron chi connectivity index (χ3n) is 6.41. The van der Waals surface area contributed by atoms with Crippen LogP contribution in [-0.2, 0) is 4.79 Å². The third-order valence-corrected chi connectivity index (χ3v) is 6.41. The molecule has 0 heterocycles. The number of nitrogens with zero attached hydrogens (tertiary/aromatic N) is 2. The van der Waals surface area contributed by atoms with Crippen LogP contribution in [0, 0.1) is 5.92 Å². The van der Waals surface area contributed by atoms with Gasteiger partial charge < -0.3 is 19.7 Å². The summed E-state index contributed by atoms with van der Waals surface area (Å²) >= 11 is 0.